The number of methoxy groups -OCH3 is 2. The first-order valence-corrected chi connectivity index (χ1v) is 10.8. The number of amides is 1. The van der Waals surface area contributed by atoms with Gasteiger partial charge in [0.05, 0.1) is 23.2 Å². The van der Waals surface area contributed by atoms with E-state index in [2.05, 4.69) is 0 Å². The summed E-state index contributed by atoms with van der Waals surface area (Å²) < 4.78 is 76.5. The lowest BCUT2D eigenvalue weighted by Crippen LogP contribution is -2.62. The predicted molar refractivity (Wildman–Crippen MR) is 102 cm³/mol. The summed E-state index contributed by atoms with van der Waals surface area (Å²) in [6, 6.07) is 6.41. The molecule has 0 aromatic heterocycles. The normalized spacial score (nSPS) is 23.5. The summed E-state index contributed by atoms with van der Waals surface area (Å²) in [5.74, 6) is -5.82. The van der Waals surface area contributed by atoms with E-state index < -0.39 is 46.3 Å². The van der Waals surface area contributed by atoms with Gasteiger partial charge in [0.1, 0.15) is 6.10 Å². The van der Waals surface area contributed by atoms with Crippen LogP contribution in [0.4, 0.5) is 25.0 Å². The number of hydrogen-bond acceptors (Lipinski definition) is 8. The summed E-state index contributed by atoms with van der Waals surface area (Å²) in [5, 5.41) is 0. The number of rotatable bonds is 7. The van der Waals surface area contributed by atoms with Gasteiger partial charge in [-0.05, 0) is 30.7 Å². The summed E-state index contributed by atoms with van der Waals surface area (Å²) in [7, 11) is -2.01. The molecule has 0 saturated carbocycles. The highest BCUT2D eigenvalue weighted by atomic mass is 32.2. The first kappa shape index (κ1) is 22.7. The average molecular weight is 449 g/mol. The van der Waals surface area contributed by atoms with E-state index in [1.54, 1.807) is 24.3 Å². The number of anilines is 2. The summed E-state index contributed by atoms with van der Waals surface area (Å²) in [5.41, 5.74) is 1.02. The van der Waals surface area contributed by atoms with E-state index in [0.29, 0.717) is 11.4 Å². The van der Waals surface area contributed by atoms with Crippen LogP contribution in [0.5, 0.6) is 0 Å². The Labute approximate surface area is 173 Å². The third-order valence-electron chi connectivity index (χ3n) is 5.41. The minimum Gasteiger partial charge on any atom is -0.748 e. The Hall–Kier alpha value is -2.02. The van der Waals surface area contributed by atoms with Crippen LogP contribution in [0.15, 0.2) is 24.3 Å². The Morgan fingerprint density at radius 1 is 1.20 bits per heavy atom. The second-order valence-corrected chi connectivity index (χ2v) is 8.74. The molecule has 0 radical (unpaired) electrons. The SMILES string of the molecule is COC1(OC)CCN(c2ccc(N3C[C@@H](CCS(=O)(=O)[O-])OC3=O)cc2)CC1(F)F. The molecule has 1 aromatic carbocycles. The van der Waals surface area contributed by atoms with Crippen molar-refractivity contribution in [3.05, 3.63) is 24.3 Å². The topological polar surface area (TPSA) is 108 Å². The van der Waals surface area contributed by atoms with Crippen LogP contribution < -0.4 is 9.80 Å². The van der Waals surface area contributed by atoms with Crippen LogP contribution >= 0.6 is 0 Å². The highest BCUT2D eigenvalue weighted by Crippen LogP contribution is 2.41. The quantitative estimate of drug-likeness (QED) is 0.458. The molecule has 0 unspecified atom stereocenters. The number of hydrogen-bond donors (Lipinski definition) is 0. The highest BCUT2D eigenvalue weighted by molar-refractivity contribution is 7.85. The third-order valence-corrected chi connectivity index (χ3v) is 6.14. The van der Waals surface area contributed by atoms with Gasteiger partial charge in [0.25, 0.3) is 0 Å². The molecule has 1 amide bonds. The highest BCUT2D eigenvalue weighted by Gasteiger charge is 2.58. The summed E-state index contributed by atoms with van der Waals surface area (Å²) in [4.78, 5) is 14.9. The maximum atomic E-state index is 14.6. The molecule has 1 atom stereocenters. The Balaban J connectivity index is 1.66. The monoisotopic (exact) mass is 449 g/mol. The second kappa shape index (κ2) is 8.25. The van der Waals surface area contributed by atoms with E-state index in [9.17, 15) is 26.5 Å². The molecule has 3 rings (SSSR count). The Morgan fingerprint density at radius 3 is 2.33 bits per heavy atom. The van der Waals surface area contributed by atoms with E-state index in [0.717, 1.165) is 0 Å². The fourth-order valence-electron chi connectivity index (χ4n) is 3.71. The molecule has 0 bridgehead atoms. The Bertz CT molecular complexity index is 875. The van der Waals surface area contributed by atoms with Gasteiger partial charge in [-0.25, -0.2) is 13.2 Å². The molecule has 2 aliphatic heterocycles. The number of benzene rings is 1. The number of ether oxygens (including phenoxy) is 3. The molecule has 2 saturated heterocycles. The zero-order valence-corrected chi connectivity index (χ0v) is 17.4. The Kier molecular flexibility index (Phi) is 6.23. The number of carbonyl (C=O) groups is 1. The molecular weight excluding hydrogens is 426 g/mol. The van der Waals surface area contributed by atoms with Crippen LogP contribution in [0.3, 0.4) is 0 Å². The predicted octanol–water partition coefficient (Wildman–Crippen LogP) is 1.78. The molecule has 12 heteroatoms. The van der Waals surface area contributed by atoms with Crippen LogP contribution in [0.25, 0.3) is 0 Å². The minimum absolute atomic E-state index is 0.0303. The zero-order valence-electron chi connectivity index (χ0n) is 16.5. The summed E-state index contributed by atoms with van der Waals surface area (Å²) in [6.45, 7) is -0.209. The number of halogens is 2. The van der Waals surface area contributed by atoms with Crippen molar-refractivity contribution in [1.29, 1.82) is 0 Å². The molecule has 0 N–H and O–H groups in total. The van der Waals surface area contributed by atoms with E-state index in [-0.39, 0.29) is 25.9 Å². The largest absolute Gasteiger partial charge is 0.748 e. The van der Waals surface area contributed by atoms with E-state index in [1.807, 2.05) is 0 Å². The van der Waals surface area contributed by atoms with Crippen molar-refractivity contribution < 1.29 is 40.8 Å². The first-order chi connectivity index (χ1) is 14.0. The number of cyclic esters (lactones) is 1. The minimum atomic E-state index is -4.40. The molecule has 2 aliphatic rings. The molecule has 9 nitrogen and oxygen atoms in total. The maximum Gasteiger partial charge on any atom is 0.414 e. The van der Waals surface area contributed by atoms with Gasteiger partial charge in [-0.3, -0.25) is 4.90 Å². The van der Waals surface area contributed by atoms with E-state index in [4.69, 9.17) is 14.2 Å². The van der Waals surface area contributed by atoms with Gasteiger partial charge in [-0.2, -0.15) is 8.78 Å². The molecule has 2 fully saturated rings. The summed E-state index contributed by atoms with van der Waals surface area (Å²) >= 11 is 0. The van der Waals surface area contributed by atoms with Crippen LogP contribution in [0.2, 0.25) is 0 Å². The summed E-state index contributed by atoms with van der Waals surface area (Å²) in [6.07, 6.45) is -1.49. The van der Waals surface area contributed by atoms with Gasteiger partial charge in [0.15, 0.2) is 0 Å². The van der Waals surface area contributed by atoms with Gasteiger partial charge in [0.2, 0.25) is 5.79 Å². The van der Waals surface area contributed by atoms with Crippen molar-refractivity contribution in [3.63, 3.8) is 0 Å². The fraction of sp³-hybridized carbons (Fsp3) is 0.611. The van der Waals surface area contributed by atoms with E-state index >= 15 is 0 Å². The molecule has 0 spiro atoms. The maximum absolute atomic E-state index is 14.6. The number of carbonyl (C=O) groups excluding carboxylic acids is 1. The molecular formula is C18H23F2N2O7S-. The van der Waals surface area contributed by atoms with Crippen LogP contribution in [-0.4, -0.2) is 76.5 Å². The van der Waals surface area contributed by atoms with Gasteiger partial charge >= 0.3 is 12.0 Å². The smallest absolute Gasteiger partial charge is 0.414 e. The third kappa shape index (κ3) is 4.51. The van der Waals surface area contributed by atoms with Crippen molar-refractivity contribution in [3.8, 4) is 0 Å². The van der Waals surface area contributed by atoms with E-state index in [1.165, 1.54) is 24.0 Å². The van der Waals surface area contributed by atoms with Gasteiger partial charge in [-0.15, -0.1) is 0 Å². The van der Waals surface area contributed by atoms with Crippen molar-refractivity contribution in [1.82, 2.24) is 0 Å². The number of piperidine rings is 1. The van der Waals surface area contributed by atoms with Gasteiger partial charge < -0.3 is 23.7 Å². The van der Waals surface area contributed by atoms with Crippen molar-refractivity contribution in [2.24, 2.45) is 0 Å². The molecule has 168 valence electrons. The first-order valence-electron chi connectivity index (χ1n) is 9.25. The van der Waals surface area contributed by atoms with Crippen molar-refractivity contribution >= 4 is 27.6 Å². The lowest BCUT2D eigenvalue weighted by atomic mass is 9.98. The lowest BCUT2D eigenvalue weighted by molar-refractivity contribution is -0.324. The fourth-order valence-corrected chi connectivity index (χ4v) is 4.26. The average Bonchev–Trinajstić information content (AvgIpc) is 3.06. The zero-order chi connectivity index (χ0) is 22.2. The van der Waals surface area contributed by atoms with Crippen LogP contribution in [-0.2, 0) is 24.3 Å². The van der Waals surface area contributed by atoms with Gasteiger partial charge in [-0.1, -0.05) is 0 Å². The number of nitrogens with zero attached hydrogens (tertiary/aromatic N) is 2. The van der Waals surface area contributed by atoms with Crippen LogP contribution in [0.1, 0.15) is 12.8 Å². The Morgan fingerprint density at radius 2 is 1.80 bits per heavy atom. The molecule has 1 aromatic rings. The lowest BCUT2D eigenvalue weighted by Gasteiger charge is -2.45. The second-order valence-electron chi connectivity index (χ2n) is 7.22. The van der Waals surface area contributed by atoms with Crippen molar-refractivity contribution in [2.75, 3.05) is 49.4 Å². The number of alkyl halides is 2. The van der Waals surface area contributed by atoms with Gasteiger partial charge in [0, 0.05) is 44.3 Å². The molecule has 30 heavy (non-hydrogen) atoms. The van der Waals surface area contributed by atoms with Crippen LogP contribution in [0, 0.1) is 0 Å². The standard InChI is InChI=1S/C18H24F2N2O7S/c1-27-18(28-2)8-9-21(12-17(18,19)20)13-3-5-14(6-4-13)22-11-15(29-16(22)23)7-10-30(24,25)26/h3-6,15H,7-12H2,1-2H3,(H,24,25,26)/p-1/t15-/m1/s1. The molecule has 0 aliphatic carbocycles. The van der Waals surface area contributed by atoms with Crippen molar-refractivity contribution in [2.45, 2.75) is 30.7 Å². The molecule has 2 heterocycles.